The molecule has 16 heavy (non-hydrogen) atoms. The molecule has 1 unspecified atom stereocenters. The Morgan fingerprint density at radius 3 is 2.56 bits per heavy atom. The van der Waals surface area contributed by atoms with Crippen LogP contribution in [0.25, 0.3) is 0 Å². The van der Waals surface area contributed by atoms with Crippen molar-refractivity contribution in [2.24, 2.45) is 5.73 Å². The summed E-state index contributed by atoms with van der Waals surface area (Å²) in [7, 11) is 1.49. The van der Waals surface area contributed by atoms with Crippen LogP contribution in [0, 0.1) is 0 Å². The summed E-state index contributed by atoms with van der Waals surface area (Å²) in [6, 6.07) is -1.10. The second-order valence-electron chi connectivity index (χ2n) is 3.23. The van der Waals surface area contributed by atoms with Crippen molar-refractivity contribution in [1.82, 2.24) is 10.6 Å². The number of rotatable bonds is 6. The summed E-state index contributed by atoms with van der Waals surface area (Å²) >= 11 is 0. The van der Waals surface area contributed by atoms with Gasteiger partial charge in [-0.2, -0.15) is 13.2 Å². The molecule has 96 valence electrons. The Kier molecular flexibility index (Phi) is 6.82. The molecule has 0 bridgehead atoms. The second kappa shape index (κ2) is 7.29. The summed E-state index contributed by atoms with van der Waals surface area (Å²) in [4.78, 5) is 10.8. The van der Waals surface area contributed by atoms with Crippen molar-refractivity contribution in [1.29, 1.82) is 0 Å². The van der Waals surface area contributed by atoms with E-state index in [-0.39, 0.29) is 12.6 Å². The Hall–Kier alpha value is -1.02. The number of hydrogen-bond donors (Lipinski definition) is 3. The molecule has 1 atom stereocenters. The Morgan fingerprint density at radius 2 is 2.06 bits per heavy atom. The summed E-state index contributed by atoms with van der Waals surface area (Å²) in [5.41, 5.74) is 5.54. The lowest BCUT2D eigenvalue weighted by Crippen LogP contribution is -2.42. The molecule has 0 aliphatic rings. The number of hydrogen-bond acceptors (Lipinski definition) is 3. The van der Waals surface area contributed by atoms with E-state index >= 15 is 0 Å². The highest BCUT2D eigenvalue weighted by Gasteiger charge is 2.27. The predicted octanol–water partition coefficient (Wildman–Crippen LogP) is 0.212. The van der Waals surface area contributed by atoms with Crippen molar-refractivity contribution in [3.05, 3.63) is 0 Å². The van der Waals surface area contributed by atoms with Crippen molar-refractivity contribution in [2.45, 2.75) is 18.6 Å². The third-order valence-corrected chi connectivity index (χ3v) is 1.63. The average Bonchev–Trinajstić information content (AvgIpc) is 2.14. The molecule has 0 spiro atoms. The Labute approximate surface area is 91.5 Å². The Morgan fingerprint density at radius 1 is 1.44 bits per heavy atom. The SMILES string of the molecule is COCC(N)CCNC(=O)NCC(F)(F)F. The number of nitrogens with two attached hydrogens (primary N) is 1. The lowest BCUT2D eigenvalue weighted by molar-refractivity contribution is -0.122. The van der Waals surface area contributed by atoms with Gasteiger partial charge in [0.05, 0.1) is 6.61 Å². The number of carbonyl (C=O) groups excluding carboxylic acids is 1. The molecule has 0 radical (unpaired) electrons. The van der Waals surface area contributed by atoms with E-state index in [4.69, 9.17) is 10.5 Å². The number of ether oxygens (including phenoxy) is 1. The van der Waals surface area contributed by atoms with Gasteiger partial charge in [-0.05, 0) is 6.42 Å². The first-order chi connectivity index (χ1) is 7.35. The van der Waals surface area contributed by atoms with Gasteiger partial charge in [0, 0.05) is 19.7 Å². The first-order valence-corrected chi connectivity index (χ1v) is 4.68. The second-order valence-corrected chi connectivity index (χ2v) is 3.23. The highest BCUT2D eigenvalue weighted by molar-refractivity contribution is 5.73. The van der Waals surface area contributed by atoms with Crippen molar-refractivity contribution in [3.63, 3.8) is 0 Å². The fourth-order valence-electron chi connectivity index (χ4n) is 0.912. The molecule has 0 rings (SSSR count). The first-order valence-electron chi connectivity index (χ1n) is 4.68. The van der Waals surface area contributed by atoms with Gasteiger partial charge in [-0.25, -0.2) is 4.79 Å². The maximum absolute atomic E-state index is 11.7. The fraction of sp³-hybridized carbons (Fsp3) is 0.875. The van der Waals surface area contributed by atoms with Gasteiger partial charge in [0.1, 0.15) is 6.54 Å². The minimum absolute atomic E-state index is 0.203. The predicted molar refractivity (Wildman–Crippen MR) is 51.9 cm³/mol. The molecule has 0 aliphatic heterocycles. The molecule has 0 fully saturated rings. The van der Waals surface area contributed by atoms with Crippen LogP contribution in [-0.4, -0.2) is 45.1 Å². The number of carbonyl (C=O) groups is 1. The molecule has 4 N–H and O–H groups in total. The van der Waals surface area contributed by atoms with E-state index < -0.39 is 18.8 Å². The van der Waals surface area contributed by atoms with Crippen LogP contribution in [0.1, 0.15) is 6.42 Å². The van der Waals surface area contributed by atoms with E-state index in [1.807, 2.05) is 0 Å². The van der Waals surface area contributed by atoms with Crippen LogP contribution in [0.15, 0.2) is 0 Å². The van der Waals surface area contributed by atoms with Crippen molar-refractivity contribution in [2.75, 3.05) is 26.8 Å². The van der Waals surface area contributed by atoms with Crippen LogP contribution in [-0.2, 0) is 4.74 Å². The van der Waals surface area contributed by atoms with Gasteiger partial charge in [-0.3, -0.25) is 0 Å². The zero-order valence-corrected chi connectivity index (χ0v) is 8.93. The number of halogens is 3. The first kappa shape index (κ1) is 15.0. The number of nitrogens with one attached hydrogen (secondary N) is 2. The number of urea groups is 1. The van der Waals surface area contributed by atoms with E-state index in [1.54, 1.807) is 5.32 Å². The van der Waals surface area contributed by atoms with Crippen LogP contribution < -0.4 is 16.4 Å². The minimum atomic E-state index is -4.40. The average molecular weight is 243 g/mol. The molecule has 0 aliphatic carbocycles. The number of methoxy groups -OCH3 is 1. The molecule has 0 saturated heterocycles. The zero-order valence-electron chi connectivity index (χ0n) is 8.93. The van der Waals surface area contributed by atoms with Crippen LogP contribution in [0.2, 0.25) is 0 Å². The quantitative estimate of drug-likeness (QED) is 0.624. The number of alkyl halides is 3. The maximum Gasteiger partial charge on any atom is 0.405 e. The molecule has 0 aromatic carbocycles. The lowest BCUT2D eigenvalue weighted by atomic mass is 10.2. The molecule has 0 aromatic rings. The molecule has 0 heterocycles. The zero-order chi connectivity index (χ0) is 12.6. The van der Waals surface area contributed by atoms with Crippen LogP contribution >= 0.6 is 0 Å². The van der Waals surface area contributed by atoms with Crippen LogP contribution in [0.5, 0.6) is 0 Å². The van der Waals surface area contributed by atoms with E-state index in [9.17, 15) is 18.0 Å². The monoisotopic (exact) mass is 243 g/mol. The topological polar surface area (TPSA) is 76.4 Å². The third kappa shape index (κ3) is 9.53. The molecule has 0 saturated carbocycles. The third-order valence-electron chi connectivity index (χ3n) is 1.63. The summed E-state index contributed by atoms with van der Waals surface area (Å²) in [5, 5.41) is 3.94. The van der Waals surface area contributed by atoms with E-state index in [2.05, 4.69) is 5.32 Å². The van der Waals surface area contributed by atoms with Gasteiger partial charge in [-0.1, -0.05) is 0 Å². The van der Waals surface area contributed by atoms with Gasteiger partial charge in [-0.15, -0.1) is 0 Å². The lowest BCUT2D eigenvalue weighted by Gasteiger charge is -2.12. The molecular weight excluding hydrogens is 227 g/mol. The molecule has 2 amide bonds. The van der Waals surface area contributed by atoms with Gasteiger partial charge in [0.15, 0.2) is 0 Å². The molecule has 0 aromatic heterocycles. The summed E-state index contributed by atoms with van der Waals surface area (Å²) in [6.45, 7) is -0.803. The highest BCUT2D eigenvalue weighted by atomic mass is 19.4. The highest BCUT2D eigenvalue weighted by Crippen LogP contribution is 2.11. The van der Waals surface area contributed by atoms with Crippen molar-refractivity contribution < 1.29 is 22.7 Å². The summed E-state index contributed by atoms with van der Waals surface area (Å²) in [5.74, 6) is 0. The van der Waals surface area contributed by atoms with E-state index in [0.29, 0.717) is 13.0 Å². The van der Waals surface area contributed by atoms with Gasteiger partial charge in [0.25, 0.3) is 0 Å². The summed E-state index contributed by atoms with van der Waals surface area (Å²) < 4.78 is 39.8. The standard InChI is InChI=1S/C8H16F3N3O2/c1-16-4-6(12)2-3-13-7(15)14-5-8(9,10)11/h6H,2-5,12H2,1H3,(H2,13,14,15). The van der Waals surface area contributed by atoms with Gasteiger partial charge >= 0.3 is 12.2 Å². The molecule has 5 nitrogen and oxygen atoms in total. The fourth-order valence-corrected chi connectivity index (χ4v) is 0.912. The largest absolute Gasteiger partial charge is 0.405 e. The minimum Gasteiger partial charge on any atom is -0.383 e. The van der Waals surface area contributed by atoms with Gasteiger partial charge < -0.3 is 21.1 Å². The summed E-state index contributed by atoms with van der Waals surface area (Å²) in [6.07, 6.45) is -3.96. The van der Waals surface area contributed by atoms with E-state index in [1.165, 1.54) is 7.11 Å². The van der Waals surface area contributed by atoms with Crippen molar-refractivity contribution >= 4 is 6.03 Å². The van der Waals surface area contributed by atoms with E-state index in [0.717, 1.165) is 0 Å². The normalized spacial score (nSPS) is 13.3. The number of amides is 2. The molecule has 8 heteroatoms. The molecular formula is C8H16F3N3O2. The smallest absolute Gasteiger partial charge is 0.383 e. The van der Waals surface area contributed by atoms with Gasteiger partial charge in [0.2, 0.25) is 0 Å². The van der Waals surface area contributed by atoms with Crippen LogP contribution in [0.3, 0.4) is 0 Å². The van der Waals surface area contributed by atoms with Crippen LogP contribution in [0.4, 0.5) is 18.0 Å². The van der Waals surface area contributed by atoms with Crippen molar-refractivity contribution in [3.8, 4) is 0 Å². The maximum atomic E-state index is 11.7. The Balaban J connectivity index is 3.51. The Bertz CT molecular complexity index is 211.